The molecule has 0 radical (unpaired) electrons. The molecule has 7 aliphatic rings. The van der Waals surface area contributed by atoms with Gasteiger partial charge in [0.15, 0.2) is 5.78 Å². The molecule has 0 aromatic rings. The van der Waals surface area contributed by atoms with Crippen LogP contribution >= 0.6 is 82.8 Å². The lowest BCUT2D eigenvalue weighted by molar-refractivity contribution is -0.234. The van der Waals surface area contributed by atoms with Gasteiger partial charge in [-0.2, -0.15) is 0 Å². The van der Waals surface area contributed by atoms with Crippen molar-refractivity contribution in [1.29, 1.82) is 0 Å². The second kappa shape index (κ2) is 21.2. The number of ether oxygens (including phenoxy) is 3. The number of alkyl halides is 2. The van der Waals surface area contributed by atoms with Gasteiger partial charge < -0.3 is 29.5 Å². The lowest BCUT2D eigenvalue weighted by atomic mass is 9.46. The van der Waals surface area contributed by atoms with Crippen LogP contribution in [0.3, 0.4) is 0 Å². The number of carbonyl (C=O) groups excluding carboxylic acids is 3. The van der Waals surface area contributed by atoms with Gasteiger partial charge in [-0.3, -0.25) is 14.4 Å². The first-order valence-electron chi connectivity index (χ1n) is 21.9. The Kier molecular flexibility index (Phi) is 19.0. The molecule has 1 heterocycles. The average Bonchev–Trinajstić information content (AvgIpc) is 3.79. The van der Waals surface area contributed by atoms with Crippen LogP contribution in [0, 0.1) is 57.2 Å². The quantitative estimate of drug-likeness (QED) is 0.0712. The van der Waals surface area contributed by atoms with Crippen molar-refractivity contribution in [1.82, 2.24) is 0 Å². The number of carbonyl (C=O) groups is 3. The van der Waals surface area contributed by atoms with Gasteiger partial charge in [-0.15, -0.1) is 67.8 Å². The Morgan fingerprint density at radius 2 is 1.22 bits per heavy atom. The fourth-order valence-corrected chi connectivity index (χ4v) is 14.5. The standard InChI is InChI=1S/C23H33ClO4.C22H31ClO5.H6P4.H5P3/c1-7-13(2)16-10-18(27-19(26)12-24)20(5)14(3)8-9-22(15(16)4)11-17(25)21(6)23(20,22)28-21;1-6-12(2)15-9-17(28-18(25)11-23)20(5)13(3)7-8-21(14(15)4)10-16(24)19(26)22(20,21)27;1-4(2)3;1-3-2/h7,14-18,25H,1-2,8-12H2,3-6H3;6,13-17,24,27H,1-2,7-11H2,3-5H3;1-3H2;3H,1-2H2/t14-,15+,16+,17+,18-,20+,21+,22+,23+;13-,14+,15+,16+,17-,20+,21+,22-;;/m11../s1. The Morgan fingerprint density at radius 3 is 1.63 bits per heavy atom. The van der Waals surface area contributed by atoms with Gasteiger partial charge in [-0.1, -0.05) is 99.1 Å². The predicted octanol–water partition coefficient (Wildman–Crippen LogP) is 10.4. The third kappa shape index (κ3) is 8.72. The van der Waals surface area contributed by atoms with E-state index in [0.29, 0.717) is 25.2 Å². The molecule has 6 saturated carbocycles. The molecule has 358 valence electrons. The molecular weight excluding hydrogens is 972 g/mol. The van der Waals surface area contributed by atoms with Crippen LogP contribution in [0.4, 0.5) is 0 Å². The molecule has 22 atom stereocenters. The number of hydrogen-bond acceptors (Lipinski definition) is 9. The van der Waals surface area contributed by atoms with Crippen molar-refractivity contribution in [3.8, 4) is 0 Å². The molecule has 1 aliphatic heterocycles. The number of rotatable bonds is 8. The number of epoxide rings is 1. The van der Waals surface area contributed by atoms with Crippen molar-refractivity contribution < 1.29 is 43.9 Å². The third-order valence-electron chi connectivity index (χ3n) is 18.0. The van der Waals surface area contributed by atoms with E-state index in [0.717, 1.165) is 44.8 Å². The lowest BCUT2D eigenvalue weighted by Crippen LogP contribution is -2.69. The second-order valence-corrected chi connectivity index (χ2v) is 36.3. The Bertz CT molecular complexity index is 1790. The van der Waals surface area contributed by atoms with Crippen LogP contribution < -0.4 is 0 Å². The van der Waals surface area contributed by atoms with Gasteiger partial charge in [-0.25, -0.2) is 0 Å². The lowest BCUT2D eigenvalue weighted by Gasteiger charge is -2.60. The highest BCUT2D eigenvalue weighted by molar-refractivity contribution is 8.65. The second-order valence-electron chi connectivity index (χ2n) is 19.8. The van der Waals surface area contributed by atoms with Crippen LogP contribution in [0.25, 0.3) is 0 Å². The highest BCUT2D eigenvalue weighted by atomic mass is 35.5. The summed E-state index contributed by atoms with van der Waals surface area (Å²) in [6, 6.07) is 0. The Morgan fingerprint density at radius 1 is 0.825 bits per heavy atom. The first kappa shape index (κ1) is 56.6. The van der Waals surface area contributed by atoms with E-state index in [4.69, 9.17) is 37.4 Å². The van der Waals surface area contributed by atoms with Crippen LogP contribution in [-0.2, 0) is 28.6 Å². The van der Waals surface area contributed by atoms with Gasteiger partial charge in [0.1, 0.15) is 46.9 Å². The molecule has 0 aromatic heterocycles. The van der Waals surface area contributed by atoms with Crippen molar-refractivity contribution >= 4 is 101 Å². The summed E-state index contributed by atoms with van der Waals surface area (Å²) in [6.45, 7) is 30.9. The van der Waals surface area contributed by atoms with E-state index in [2.05, 4.69) is 91.7 Å². The Balaban J connectivity index is 0.000000241. The summed E-state index contributed by atoms with van der Waals surface area (Å²) in [7, 11) is 14.0. The third-order valence-corrected chi connectivity index (χ3v) is 18.4. The van der Waals surface area contributed by atoms with Crippen LogP contribution in [0.1, 0.15) is 99.8 Å². The SMILES string of the molecule is C=CC(=C)[C@@H]1C[C@@H](OC(=O)CCl)[C@]2(C)[C@H](C)CC[C@]3(C[C@H](O)C(=O)[C@]32O)[C@H]1C.C=CC(=C)[C@@H]1C[C@@H](OC(=O)CCl)[C@]2(C)[C@H](C)CC[C@]3(C[C@H](O)[C@]4(C)O[C@@]324)[C@H]1C.PP(P)P.PPP. The molecule has 3 N–H and O–H groups in total. The molecule has 1 spiro atoms. The van der Waals surface area contributed by atoms with Crippen molar-refractivity contribution in [2.75, 3.05) is 11.8 Å². The summed E-state index contributed by atoms with van der Waals surface area (Å²) in [5.74, 6) is -1.71. The minimum absolute atomic E-state index is 0.0871. The highest BCUT2D eigenvalue weighted by Gasteiger charge is 2.93. The van der Waals surface area contributed by atoms with E-state index in [1.54, 1.807) is 6.08 Å². The van der Waals surface area contributed by atoms with Crippen LogP contribution in [0.5, 0.6) is 0 Å². The maximum atomic E-state index is 13.3. The van der Waals surface area contributed by atoms with E-state index < -0.39 is 69.1 Å². The zero-order valence-corrected chi connectivity index (χ0v) is 47.4. The summed E-state index contributed by atoms with van der Waals surface area (Å²) in [6.07, 6.45) is 6.20. The molecule has 0 amide bonds. The van der Waals surface area contributed by atoms with Crippen molar-refractivity contribution in [2.45, 2.75) is 141 Å². The topological polar surface area (TPSA) is 143 Å². The molecule has 63 heavy (non-hydrogen) atoms. The van der Waals surface area contributed by atoms with E-state index in [1.807, 2.05) is 33.8 Å². The van der Waals surface area contributed by atoms with Gasteiger partial charge in [0, 0.05) is 21.7 Å². The number of hydrogen-bond donors (Lipinski definition) is 3. The van der Waals surface area contributed by atoms with Crippen LogP contribution in [0.15, 0.2) is 49.6 Å². The maximum Gasteiger partial charge on any atom is 0.321 e. The summed E-state index contributed by atoms with van der Waals surface area (Å²) >= 11 is 11.5. The molecule has 6 aliphatic carbocycles. The fourth-order valence-electron chi connectivity index (χ4n) is 14.4. The van der Waals surface area contributed by atoms with E-state index in [-0.39, 0.29) is 66.3 Å². The monoisotopic (exact) mass is 1050 g/mol. The number of allylic oxidation sites excluding steroid dienone is 4. The first-order valence-corrected chi connectivity index (χ1v) is 33.8. The Labute approximate surface area is 401 Å². The molecule has 18 heteroatoms. The summed E-state index contributed by atoms with van der Waals surface area (Å²) in [5, 5.41) is 33.8. The largest absolute Gasteiger partial charge is 0.461 e. The molecule has 7 rings (SSSR count). The van der Waals surface area contributed by atoms with Gasteiger partial charge in [0.2, 0.25) is 0 Å². The number of ketones is 1. The highest BCUT2D eigenvalue weighted by Crippen LogP contribution is 2.83. The van der Waals surface area contributed by atoms with Gasteiger partial charge >= 0.3 is 11.9 Å². The Hall–Kier alpha value is 1.000. The van der Waals surface area contributed by atoms with Crippen LogP contribution in [0.2, 0.25) is 0 Å². The summed E-state index contributed by atoms with van der Waals surface area (Å²) in [4.78, 5) is 37.7. The van der Waals surface area contributed by atoms with Crippen molar-refractivity contribution in [2.24, 2.45) is 57.2 Å². The van der Waals surface area contributed by atoms with Gasteiger partial charge in [0.25, 0.3) is 0 Å². The maximum absolute atomic E-state index is 13.3. The zero-order valence-electron chi connectivity index (χ0n) is 38.2. The van der Waals surface area contributed by atoms with Crippen LogP contribution in [-0.4, -0.2) is 86.0 Å². The summed E-state index contributed by atoms with van der Waals surface area (Å²) in [5.41, 5.74) is -3.53. The zero-order chi connectivity index (χ0) is 48.1. The smallest absolute Gasteiger partial charge is 0.321 e. The molecule has 0 aromatic carbocycles. The van der Waals surface area contributed by atoms with Crippen molar-refractivity contribution in [3.05, 3.63) is 49.6 Å². The number of aliphatic hydroxyl groups is 3. The molecule has 5 unspecified atom stereocenters. The minimum atomic E-state index is -1.79. The normalized spacial score (nSPS) is 46.2. The number of Topliss-reactive ketones (excluding diaryl/α,β-unsaturated/α-hetero) is 1. The van der Waals surface area contributed by atoms with Crippen molar-refractivity contribution in [3.63, 3.8) is 0 Å². The summed E-state index contributed by atoms with van der Waals surface area (Å²) < 4.78 is 18.4. The average molecular weight is 1050 g/mol. The fraction of sp³-hybridized carbons (Fsp3) is 0.756. The molecule has 9 nitrogen and oxygen atoms in total. The number of esters is 2. The molecule has 7 fully saturated rings. The van der Waals surface area contributed by atoms with E-state index in [1.165, 1.54) is 0 Å². The molecular formula is C45H75Cl2O9P7. The minimum Gasteiger partial charge on any atom is -0.461 e. The number of halogens is 2. The van der Waals surface area contributed by atoms with E-state index >= 15 is 0 Å². The molecule has 4 bridgehead atoms. The molecule has 1 saturated heterocycles. The predicted molar refractivity (Wildman–Crippen MR) is 280 cm³/mol. The number of aliphatic hydroxyl groups excluding tert-OH is 2. The first-order chi connectivity index (χ1) is 29.2. The van der Waals surface area contributed by atoms with Gasteiger partial charge in [0.05, 0.1) is 6.10 Å². The van der Waals surface area contributed by atoms with E-state index in [9.17, 15) is 29.7 Å². The van der Waals surface area contributed by atoms with Gasteiger partial charge in [-0.05, 0) is 101 Å².